The van der Waals surface area contributed by atoms with Gasteiger partial charge in [-0.2, -0.15) is 0 Å². The molecule has 0 unspecified atom stereocenters. The van der Waals surface area contributed by atoms with Crippen molar-refractivity contribution in [2.45, 2.75) is 6.30 Å². The molecule has 0 aromatic heterocycles. The van der Waals surface area contributed by atoms with Crippen LogP contribution in [0, 0.1) is 0 Å². The summed E-state index contributed by atoms with van der Waals surface area (Å²) in [5, 5.41) is -5.48. The Morgan fingerprint density at radius 3 is 1.00 bits per heavy atom. The second-order valence-electron chi connectivity index (χ2n) is 0.913. The van der Waals surface area contributed by atoms with Crippen LogP contribution in [0.15, 0.2) is 0 Å². The van der Waals surface area contributed by atoms with Gasteiger partial charge in [0.05, 0.1) is 13.4 Å². The molecule has 0 aliphatic carbocycles. The van der Waals surface area contributed by atoms with Crippen LogP contribution in [0.3, 0.4) is 0 Å². The number of rotatable bonds is 0. The minimum atomic E-state index is -6.12. The Balaban J connectivity index is 4.02. The first-order valence-corrected chi connectivity index (χ1v) is 1.30. The Bertz CT molecular complexity index is 63.5. The maximum absolute atomic E-state index is 10.4. The number of halogens is 6. The van der Waals surface area contributed by atoms with Gasteiger partial charge in [-0.25, -0.2) is 0 Å². The summed E-state index contributed by atoms with van der Waals surface area (Å²) >= 11 is 0. The molecule has 0 bridgehead atoms. The second-order valence-corrected chi connectivity index (χ2v) is 0.913. The zero-order chi connectivity index (χ0) is 7.00. The smallest absolute Gasteiger partial charge is 0.107 e. The van der Waals surface area contributed by atoms with E-state index in [0.29, 0.717) is 0 Å². The molecule has 0 atom stereocenters. The first kappa shape index (κ1) is 7.54. The average Bonchev–Trinajstić information content (AvgIpc) is 1.25. The molecule has 0 amide bonds. The molecule has 50 valence electrons. The minimum Gasteiger partial charge on any atom is -0.107 e. The van der Waals surface area contributed by atoms with E-state index in [1.54, 1.807) is 0 Å². The maximum Gasteiger partial charge on any atom is 0.677 e. The summed E-state index contributed by atoms with van der Waals surface area (Å²) in [6, 6.07) is 0. The third kappa shape index (κ3) is 1.57. The molecule has 0 saturated heterocycles. The van der Waals surface area contributed by atoms with E-state index < -0.39 is 11.4 Å². The Hall–Kier alpha value is -0.460. The van der Waals surface area contributed by atoms with E-state index in [-0.39, 0.29) is 0 Å². The van der Waals surface area contributed by atoms with Crippen molar-refractivity contribution >= 4 is 0 Å². The standard InChI is InChI=1S/CF6N/c2-1(3,4)8(5,6)7/q+1. The molecule has 0 radical (unpaired) electrons. The topological polar surface area (TPSA) is 0 Å². The molecule has 0 N–H and O–H groups in total. The third-order valence-corrected chi connectivity index (χ3v) is 0.287. The van der Waals surface area contributed by atoms with Crippen LogP contribution in [0.25, 0.3) is 0 Å². The lowest BCUT2D eigenvalue weighted by Crippen LogP contribution is -2.35. The zero-order valence-corrected chi connectivity index (χ0v) is 3.22. The number of alkyl halides is 3. The highest BCUT2D eigenvalue weighted by molar-refractivity contribution is 4.09. The fourth-order valence-electron chi connectivity index (χ4n) is 0. The quantitative estimate of drug-likeness (QED) is 0.274. The highest BCUT2D eigenvalue weighted by Crippen LogP contribution is 2.32. The Labute approximate surface area is 39.5 Å². The van der Waals surface area contributed by atoms with Gasteiger partial charge < -0.3 is 0 Å². The summed E-state index contributed by atoms with van der Waals surface area (Å²) in [7, 11) is 0. The van der Waals surface area contributed by atoms with Gasteiger partial charge in [0.1, 0.15) is 0 Å². The Kier molecular flexibility index (Phi) is 1.42. The van der Waals surface area contributed by atoms with Gasteiger partial charge in [0.25, 0.3) is 0 Å². The molecule has 0 aromatic rings. The van der Waals surface area contributed by atoms with E-state index in [1.165, 1.54) is 0 Å². The molecule has 0 aliphatic rings. The SMILES string of the molecule is FC(F)(F)[N+](F)(F)F. The molecule has 0 heterocycles. The van der Waals surface area contributed by atoms with Crippen molar-refractivity contribution in [2.24, 2.45) is 0 Å². The van der Waals surface area contributed by atoms with Gasteiger partial charge in [0, 0.05) is 0 Å². The number of hydrogen-bond acceptors (Lipinski definition) is 0. The highest BCUT2D eigenvalue weighted by Gasteiger charge is 2.65. The minimum absolute atomic E-state index is 5.48. The fourth-order valence-corrected chi connectivity index (χ4v) is 0. The lowest BCUT2D eigenvalue weighted by atomic mass is 11.2. The van der Waals surface area contributed by atoms with Gasteiger partial charge in [-0.15, -0.1) is 13.2 Å². The van der Waals surface area contributed by atoms with Crippen LogP contribution < -0.4 is 0 Å². The van der Waals surface area contributed by atoms with Gasteiger partial charge >= 0.3 is 11.4 Å². The Morgan fingerprint density at radius 1 is 0.875 bits per heavy atom. The summed E-state index contributed by atoms with van der Waals surface area (Å²) in [5.74, 6) is 0. The number of nitrogens with zero attached hydrogens (tertiary/aromatic N) is 1. The van der Waals surface area contributed by atoms with Gasteiger partial charge in [0.2, 0.25) is 0 Å². The van der Waals surface area contributed by atoms with Crippen LogP contribution in [0.2, 0.25) is 0 Å². The van der Waals surface area contributed by atoms with E-state index in [0.717, 1.165) is 0 Å². The molecule has 1 nitrogen and oxygen atoms in total. The van der Waals surface area contributed by atoms with Crippen molar-refractivity contribution in [2.75, 3.05) is 0 Å². The molecule has 0 aliphatic heterocycles. The van der Waals surface area contributed by atoms with Crippen molar-refractivity contribution in [1.29, 1.82) is 0 Å². The molecule has 8 heavy (non-hydrogen) atoms. The molecule has 0 aromatic carbocycles. The van der Waals surface area contributed by atoms with Crippen LogP contribution in [0.1, 0.15) is 0 Å². The molecule has 7 heteroatoms. The van der Waals surface area contributed by atoms with E-state index in [4.69, 9.17) is 0 Å². The summed E-state index contributed by atoms with van der Waals surface area (Å²) in [4.78, 5) is 0. The normalized spacial score (nSPS) is 14.2. The lowest BCUT2D eigenvalue weighted by molar-refractivity contribution is -1.33. The third-order valence-electron chi connectivity index (χ3n) is 0.287. The van der Waals surface area contributed by atoms with Gasteiger partial charge in [-0.05, 0) is 0 Å². The van der Waals surface area contributed by atoms with Crippen LogP contribution in [0.4, 0.5) is 26.6 Å². The molecule has 0 rings (SSSR count). The van der Waals surface area contributed by atoms with Crippen LogP contribution in [0.5, 0.6) is 0 Å². The molecular formula is CF6N+. The molecule has 0 saturated carbocycles. The van der Waals surface area contributed by atoms with Crippen molar-refractivity contribution < 1.29 is 31.8 Å². The molecule has 0 spiro atoms. The number of quaternary nitrogens is 1. The van der Waals surface area contributed by atoms with Crippen molar-refractivity contribution in [3.63, 3.8) is 0 Å². The maximum atomic E-state index is 10.4. The highest BCUT2D eigenvalue weighted by atomic mass is 19.6. The van der Waals surface area contributed by atoms with Gasteiger partial charge in [0.15, 0.2) is 0 Å². The predicted octanol–water partition coefficient (Wildman–Crippen LogP) is 1.98. The monoisotopic (exact) mass is 140 g/mol. The largest absolute Gasteiger partial charge is 0.677 e. The van der Waals surface area contributed by atoms with Crippen LogP contribution in [-0.2, 0) is 0 Å². The van der Waals surface area contributed by atoms with Crippen LogP contribution >= 0.6 is 0 Å². The second kappa shape index (κ2) is 1.51. The van der Waals surface area contributed by atoms with E-state index in [1.807, 2.05) is 0 Å². The van der Waals surface area contributed by atoms with Crippen molar-refractivity contribution in [3.05, 3.63) is 0 Å². The molecular weight excluding hydrogens is 140 g/mol. The predicted molar refractivity (Wildman–Crippen MR) is 9.64 cm³/mol. The lowest BCUT2D eigenvalue weighted by Gasteiger charge is -2.00. The van der Waals surface area contributed by atoms with E-state index in [2.05, 4.69) is 0 Å². The average molecular weight is 140 g/mol. The summed E-state index contributed by atoms with van der Waals surface area (Å²) in [5.41, 5.74) is 0. The fraction of sp³-hybridized carbons (Fsp3) is 1.00. The summed E-state index contributed by atoms with van der Waals surface area (Å²) < 4.78 is 62.4. The van der Waals surface area contributed by atoms with Gasteiger partial charge in [-0.3, -0.25) is 0 Å². The van der Waals surface area contributed by atoms with Gasteiger partial charge in [-0.1, -0.05) is 0 Å². The zero-order valence-electron chi connectivity index (χ0n) is 3.22. The first-order valence-electron chi connectivity index (χ1n) is 1.30. The van der Waals surface area contributed by atoms with Crippen molar-refractivity contribution in [1.82, 2.24) is 0 Å². The first-order chi connectivity index (χ1) is 3.25. The number of hydrogen-bond donors (Lipinski definition) is 0. The summed E-state index contributed by atoms with van der Waals surface area (Å²) in [6.45, 7) is 0. The Morgan fingerprint density at radius 2 is 1.00 bits per heavy atom. The van der Waals surface area contributed by atoms with Crippen molar-refractivity contribution in [3.8, 4) is 0 Å². The van der Waals surface area contributed by atoms with Crippen LogP contribution in [-0.4, -0.2) is 11.4 Å². The van der Waals surface area contributed by atoms with E-state index >= 15 is 0 Å². The summed E-state index contributed by atoms with van der Waals surface area (Å²) in [6.07, 6.45) is -6.12. The van der Waals surface area contributed by atoms with E-state index in [9.17, 15) is 26.6 Å². The molecule has 0 fully saturated rings.